The molecule has 1 heterocycles. The van der Waals surface area contributed by atoms with Crippen molar-refractivity contribution in [2.24, 2.45) is 4.99 Å². The standard InChI is InChI=1S/C9H13N3/c1-7(2)12-6-8(3)11-5-9(12)10-4/h5-6H,1H2,2-4H3. The van der Waals surface area contributed by atoms with E-state index in [-0.39, 0.29) is 0 Å². The molecular formula is C9H13N3. The van der Waals surface area contributed by atoms with Crippen LogP contribution in [-0.2, 0) is 0 Å². The van der Waals surface area contributed by atoms with E-state index in [1.165, 1.54) is 0 Å². The van der Waals surface area contributed by atoms with Gasteiger partial charge in [-0.05, 0) is 13.8 Å². The summed E-state index contributed by atoms with van der Waals surface area (Å²) in [6.45, 7) is 7.73. The topological polar surface area (TPSA) is 30.2 Å². The number of allylic oxidation sites excluding steroid dienone is 1. The molecule has 1 rings (SSSR count). The lowest BCUT2D eigenvalue weighted by Gasteiger charge is -2.05. The zero-order valence-corrected chi connectivity index (χ0v) is 7.70. The molecule has 64 valence electrons. The van der Waals surface area contributed by atoms with Gasteiger partial charge in [0.05, 0.1) is 11.9 Å². The first-order chi connectivity index (χ1) is 5.65. The van der Waals surface area contributed by atoms with Crippen LogP contribution in [0, 0.1) is 6.92 Å². The van der Waals surface area contributed by atoms with Crippen LogP contribution in [0.1, 0.15) is 12.6 Å². The second-order valence-corrected chi connectivity index (χ2v) is 2.72. The van der Waals surface area contributed by atoms with Gasteiger partial charge in [0.2, 0.25) is 0 Å². The molecule has 0 aliphatic carbocycles. The van der Waals surface area contributed by atoms with E-state index in [4.69, 9.17) is 0 Å². The zero-order valence-electron chi connectivity index (χ0n) is 7.70. The quantitative estimate of drug-likeness (QED) is 0.612. The summed E-state index contributed by atoms with van der Waals surface area (Å²) < 4.78 is 1.92. The second-order valence-electron chi connectivity index (χ2n) is 2.72. The number of hydrogen-bond donors (Lipinski definition) is 0. The van der Waals surface area contributed by atoms with Crippen molar-refractivity contribution < 1.29 is 0 Å². The highest BCUT2D eigenvalue weighted by Gasteiger charge is 1.93. The first kappa shape index (κ1) is 8.71. The summed E-state index contributed by atoms with van der Waals surface area (Å²) >= 11 is 0. The third kappa shape index (κ3) is 1.61. The first-order valence-corrected chi connectivity index (χ1v) is 3.79. The minimum absolute atomic E-state index is 0.827. The van der Waals surface area contributed by atoms with Crippen molar-refractivity contribution in [2.45, 2.75) is 13.8 Å². The van der Waals surface area contributed by atoms with E-state index in [2.05, 4.69) is 16.6 Å². The maximum atomic E-state index is 4.14. The van der Waals surface area contributed by atoms with Gasteiger partial charge in [0.1, 0.15) is 5.49 Å². The van der Waals surface area contributed by atoms with Crippen LogP contribution in [0.15, 0.2) is 24.0 Å². The van der Waals surface area contributed by atoms with Crippen molar-refractivity contribution in [2.75, 3.05) is 7.05 Å². The number of aromatic nitrogens is 2. The Labute approximate surface area is 72.1 Å². The van der Waals surface area contributed by atoms with Gasteiger partial charge in [-0.25, -0.2) is 0 Å². The Morgan fingerprint density at radius 3 is 2.83 bits per heavy atom. The number of nitrogens with zero attached hydrogens (tertiary/aromatic N) is 3. The molecule has 0 spiro atoms. The Balaban J connectivity index is 3.43. The van der Waals surface area contributed by atoms with Crippen LogP contribution in [0.25, 0.3) is 5.70 Å². The monoisotopic (exact) mass is 163 g/mol. The molecule has 0 aliphatic rings. The molecule has 12 heavy (non-hydrogen) atoms. The van der Waals surface area contributed by atoms with E-state index < -0.39 is 0 Å². The summed E-state index contributed by atoms with van der Waals surface area (Å²) in [5, 5.41) is 0. The SMILES string of the molecule is C=C(C)n1cc(C)ncc1=NC. The Kier molecular flexibility index (Phi) is 2.43. The molecule has 1 aromatic rings. The first-order valence-electron chi connectivity index (χ1n) is 3.79. The predicted molar refractivity (Wildman–Crippen MR) is 49.5 cm³/mol. The van der Waals surface area contributed by atoms with E-state index in [9.17, 15) is 0 Å². The molecule has 3 heteroatoms. The van der Waals surface area contributed by atoms with Crippen LogP contribution in [0.3, 0.4) is 0 Å². The van der Waals surface area contributed by atoms with Gasteiger partial charge in [-0.3, -0.25) is 9.98 Å². The van der Waals surface area contributed by atoms with Gasteiger partial charge in [-0.1, -0.05) is 6.58 Å². The minimum Gasteiger partial charge on any atom is -0.304 e. The van der Waals surface area contributed by atoms with Crippen molar-refractivity contribution in [3.63, 3.8) is 0 Å². The minimum atomic E-state index is 0.827. The average molecular weight is 163 g/mol. The number of hydrogen-bond acceptors (Lipinski definition) is 2. The van der Waals surface area contributed by atoms with E-state index in [0.29, 0.717) is 0 Å². The smallest absolute Gasteiger partial charge is 0.150 e. The Morgan fingerprint density at radius 1 is 1.67 bits per heavy atom. The zero-order chi connectivity index (χ0) is 9.14. The molecule has 1 aromatic heterocycles. The molecule has 0 aromatic carbocycles. The molecule has 0 aliphatic heterocycles. The van der Waals surface area contributed by atoms with Crippen LogP contribution < -0.4 is 5.49 Å². The normalized spacial score (nSPS) is 11.8. The van der Waals surface area contributed by atoms with Crippen molar-refractivity contribution in [3.8, 4) is 0 Å². The highest BCUT2D eigenvalue weighted by molar-refractivity contribution is 5.37. The van der Waals surface area contributed by atoms with Gasteiger partial charge in [0, 0.05) is 18.9 Å². The molecule has 0 atom stereocenters. The molecule has 0 saturated heterocycles. The second kappa shape index (κ2) is 3.34. The maximum Gasteiger partial charge on any atom is 0.150 e. The van der Waals surface area contributed by atoms with Gasteiger partial charge in [-0.2, -0.15) is 0 Å². The summed E-state index contributed by atoms with van der Waals surface area (Å²) in [5.74, 6) is 0. The van der Waals surface area contributed by atoms with E-state index in [1.54, 1.807) is 13.2 Å². The molecule has 0 fully saturated rings. The highest BCUT2D eigenvalue weighted by Crippen LogP contribution is 1.95. The third-order valence-corrected chi connectivity index (χ3v) is 1.59. The van der Waals surface area contributed by atoms with E-state index in [0.717, 1.165) is 16.9 Å². The van der Waals surface area contributed by atoms with Crippen molar-refractivity contribution >= 4 is 5.70 Å². The molecular weight excluding hydrogens is 150 g/mol. The fourth-order valence-electron chi connectivity index (χ4n) is 0.979. The highest BCUT2D eigenvalue weighted by atomic mass is 15.0. The Bertz CT molecular complexity index is 360. The molecule has 3 nitrogen and oxygen atoms in total. The van der Waals surface area contributed by atoms with Crippen LogP contribution in [0.5, 0.6) is 0 Å². The lowest BCUT2D eigenvalue weighted by molar-refractivity contribution is 0.903. The van der Waals surface area contributed by atoms with E-state index >= 15 is 0 Å². The largest absolute Gasteiger partial charge is 0.304 e. The van der Waals surface area contributed by atoms with Crippen LogP contribution in [0.2, 0.25) is 0 Å². The summed E-state index contributed by atoms with van der Waals surface area (Å²) in [4.78, 5) is 8.21. The molecule has 0 unspecified atom stereocenters. The fourth-order valence-corrected chi connectivity index (χ4v) is 0.979. The molecule has 0 saturated carbocycles. The molecule has 0 radical (unpaired) electrons. The number of aryl methyl sites for hydroxylation is 1. The van der Waals surface area contributed by atoms with Gasteiger partial charge in [-0.15, -0.1) is 0 Å². The Morgan fingerprint density at radius 2 is 2.33 bits per heavy atom. The van der Waals surface area contributed by atoms with Gasteiger partial charge in [0.15, 0.2) is 0 Å². The maximum absolute atomic E-state index is 4.14. The van der Waals surface area contributed by atoms with Gasteiger partial charge in [0.25, 0.3) is 0 Å². The van der Waals surface area contributed by atoms with Crippen LogP contribution >= 0.6 is 0 Å². The lowest BCUT2D eigenvalue weighted by Crippen LogP contribution is -2.19. The summed E-state index contributed by atoms with van der Waals surface area (Å²) in [6, 6.07) is 0. The van der Waals surface area contributed by atoms with Crippen LogP contribution in [-0.4, -0.2) is 16.6 Å². The van der Waals surface area contributed by atoms with Crippen molar-refractivity contribution in [1.82, 2.24) is 9.55 Å². The molecule has 0 N–H and O–H groups in total. The van der Waals surface area contributed by atoms with E-state index in [1.807, 2.05) is 24.6 Å². The molecule has 0 bridgehead atoms. The molecule has 0 amide bonds. The average Bonchev–Trinajstić information content (AvgIpc) is 2.04. The summed E-state index contributed by atoms with van der Waals surface area (Å²) in [5.41, 5.74) is 2.74. The van der Waals surface area contributed by atoms with Crippen molar-refractivity contribution in [3.05, 3.63) is 30.2 Å². The van der Waals surface area contributed by atoms with Crippen molar-refractivity contribution in [1.29, 1.82) is 0 Å². The predicted octanol–water partition coefficient (Wildman–Crippen LogP) is 1.21. The lowest BCUT2D eigenvalue weighted by atomic mass is 10.4. The summed E-state index contributed by atoms with van der Waals surface area (Å²) in [7, 11) is 1.74. The van der Waals surface area contributed by atoms with Crippen LogP contribution in [0.4, 0.5) is 0 Å². The Hall–Kier alpha value is -1.38. The van der Waals surface area contributed by atoms with Gasteiger partial charge < -0.3 is 4.57 Å². The third-order valence-electron chi connectivity index (χ3n) is 1.59. The number of rotatable bonds is 1. The fraction of sp³-hybridized carbons (Fsp3) is 0.333. The van der Waals surface area contributed by atoms with Gasteiger partial charge >= 0.3 is 0 Å². The summed E-state index contributed by atoms with van der Waals surface area (Å²) in [6.07, 6.45) is 3.66.